The lowest BCUT2D eigenvalue weighted by Crippen LogP contribution is -2.12. The Bertz CT molecular complexity index is 9780. The predicted molar refractivity (Wildman–Crippen MR) is 644 cm³/mol. The zero-order chi connectivity index (χ0) is 97.1. The smallest absolute Gasteiger partial charge is 0.0546 e. The fraction of sp³-hybridized carbons (Fsp3) is 0.0935. The average molecular weight is 1960 g/mol. The standard InChI is InChI=1S/C66H54N2S2.C37H25NS.C36H23NS/c1-5-17-43(18-6-1)45-29-33-51-55-42-62(68(48-23-11-4-12-24-48)50-32-36-66-60(40-50)54-26-14-16-28-64(54)70-66)58-38-46(44-19-7-2-8-20-44)30-34-52(58)56(55)41-61(57(51)37-45)67(47-21-9-3-10-22-47)49-31-35-65-59(39-49)53-25-13-15-27-63(53)69-65;1-24-9-8-11-26(21-24)38(27-18-20-37-34(22-27)32-15-6-7-16-36(32)39-37)35-23-33-28-12-3-2-10-25(28)17-19-30(33)29-13-4-5-14-31(29)35;1-2-11-25(12-3-1)37(26-19-21-36-33(22-26)31-16-8-9-17-35(31)38-36)34-23-32-27-13-5-4-10-24(27)18-20-29(32)28-14-6-7-15-30(28)34/h3-4,9-16,21-44H,1-2,5-8,17-20H2;2-23H,1H3;1-23H. The maximum absolute atomic E-state index is 2.59. The van der Waals surface area contributed by atoms with Crippen molar-refractivity contribution in [1.82, 2.24) is 0 Å². The number of rotatable bonds is 14. The number of benzene rings is 24. The van der Waals surface area contributed by atoms with Crippen LogP contribution in [0.5, 0.6) is 0 Å². The minimum absolute atomic E-state index is 0.572. The van der Waals surface area contributed by atoms with Crippen molar-refractivity contribution in [2.75, 3.05) is 19.6 Å². The minimum Gasteiger partial charge on any atom is -0.310 e. The molecule has 0 spiro atoms. The van der Waals surface area contributed by atoms with E-state index in [1.165, 1.54) is 304 Å². The van der Waals surface area contributed by atoms with Crippen molar-refractivity contribution in [2.24, 2.45) is 0 Å². The third kappa shape index (κ3) is 15.8. The molecular weight excluding hydrogens is 1850 g/mol. The molecule has 0 bridgehead atoms. The van der Waals surface area contributed by atoms with Crippen LogP contribution in [0.4, 0.5) is 68.2 Å². The summed E-state index contributed by atoms with van der Waals surface area (Å²) in [6, 6.07) is 174. The molecule has 0 radical (unpaired) electrons. The third-order valence-corrected chi connectivity index (χ3v) is 36.1. The SMILES string of the molecule is Cc1cccc(N(c2ccc3sc4ccccc4c3c2)c2cc3c4ccccc4ccc3c3ccccc23)c1.c1ccc(N(c2ccc3sc4ccccc4c3c2)c2cc3c4ccc(C5CCCCC5)cc4c(N(c4ccccc4)c4ccc5sc6ccccc6c5c4)cc3c3ccc(C4CCCCC4)cc23)cc1.c1ccc(N(c2ccc3sc4ccccc4c3c2)c2cc3c4ccccc4ccc3c3ccccc23)cc1. The molecule has 4 nitrogen and oxygen atoms in total. The fourth-order valence-electron chi connectivity index (χ4n) is 24.5. The number of nitrogens with zero attached hydrogens (tertiary/aromatic N) is 4. The van der Waals surface area contributed by atoms with Crippen LogP contribution in [0.25, 0.3) is 178 Å². The Balaban J connectivity index is 0.000000115. The summed E-state index contributed by atoms with van der Waals surface area (Å²) in [5, 5.41) is 33.5. The topological polar surface area (TPSA) is 13.0 Å². The summed E-state index contributed by atoms with van der Waals surface area (Å²) < 4.78 is 10.6. The number of fused-ring (bicyclic) bond motifs is 27. The summed E-state index contributed by atoms with van der Waals surface area (Å²) in [4.78, 5) is 9.99. The maximum Gasteiger partial charge on any atom is 0.0546 e. The number of hydrogen-bond acceptors (Lipinski definition) is 8. The van der Waals surface area contributed by atoms with Crippen molar-refractivity contribution in [1.29, 1.82) is 0 Å². The van der Waals surface area contributed by atoms with Crippen LogP contribution in [-0.4, -0.2) is 0 Å². The average Bonchev–Trinajstić information content (AvgIpc) is 1.59. The second kappa shape index (κ2) is 37.4. The molecule has 0 N–H and O–H groups in total. The minimum atomic E-state index is 0.572. The van der Waals surface area contributed by atoms with E-state index in [1.807, 2.05) is 45.3 Å². The molecule has 0 saturated heterocycles. The number of hydrogen-bond donors (Lipinski definition) is 0. The van der Waals surface area contributed by atoms with Gasteiger partial charge in [0.1, 0.15) is 0 Å². The number of aryl methyl sites for hydroxylation is 1. The van der Waals surface area contributed by atoms with Gasteiger partial charge in [0.25, 0.3) is 0 Å². The molecule has 30 rings (SSSR count). The maximum atomic E-state index is 2.59. The number of para-hydroxylation sites is 3. The predicted octanol–water partition coefficient (Wildman–Crippen LogP) is 43.2. The van der Waals surface area contributed by atoms with Crippen LogP contribution < -0.4 is 19.6 Å². The monoisotopic (exact) mass is 1950 g/mol. The summed E-state index contributed by atoms with van der Waals surface area (Å²) >= 11 is 7.50. The van der Waals surface area contributed by atoms with Crippen LogP contribution in [0, 0.1) is 6.92 Å². The van der Waals surface area contributed by atoms with E-state index < -0.39 is 0 Å². The van der Waals surface area contributed by atoms with Crippen molar-refractivity contribution in [3.63, 3.8) is 0 Å². The van der Waals surface area contributed by atoms with Crippen LogP contribution >= 0.6 is 45.3 Å². The molecule has 4 heterocycles. The van der Waals surface area contributed by atoms with Gasteiger partial charge >= 0.3 is 0 Å². The second-order valence-corrected chi connectivity index (χ2v) is 44.4. The van der Waals surface area contributed by atoms with E-state index in [0.29, 0.717) is 11.8 Å². The first-order chi connectivity index (χ1) is 72.8. The first-order valence-corrected chi connectivity index (χ1v) is 55.3. The molecule has 28 aromatic rings. The van der Waals surface area contributed by atoms with Crippen molar-refractivity contribution in [3.8, 4) is 0 Å². The molecule has 0 atom stereocenters. The highest BCUT2D eigenvalue weighted by molar-refractivity contribution is 7.27. The molecule has 2 saturated carbocycles. The number of anilines is 12. The highest BCUT2D eigenvalue weighted by Gasteiger charge is 2.30. The summed E-state index contributed by atoms with van der Waals surface area (Å²) in [5.74, 6) is 1.14. The lowest BCUT2D eigenvalue weighted by atomic mass is 9.82. The molecule has 2 aliphatic rings. The molecule has 0 amide bonds. The molecule has 0 unspecified atom stereocenters. The summed E-state index contributed by atoms with van der Waals surface area (Å²) in [6.45, 7) is 2.17. The van der Waals surface area contributed by atoms with Crippen LogP contribution in [-0.2, 0) is 0 Å². The lowest BCUT2D eigenvalue weighted by molar-refractivity contribution is 0.444. The van der Waals surface area contributed by atoms with Gasteiger partial charge in [-0.2, -0.15) is 0 Å². The van der Waals surface area contributed by atoms with Gasteiger partial charge in [0.2, 0.25) is 0 Å². The van der Waals surface area contributed by atoms with Crippen molar-refractivity contribution in [2.45, 2.75) is 83.0 Å². The van der Waals surface area contributed by atoms with E-state index in [4.69, 9.17) is 0 Å². The molecular formula is C139H102N4S4. The Kier molecular flexibility index (Phi) is 22.5. The highest BCUT2D eigenvalue weighted by Crippen LogP contribution is 2.55. The van der Waals surface area contributed by atoms with E-state index >= 15 is 0 Å². The van der Waals surface area contributed by atoms with E-state index in [0.717, 1.165) is 22.7 Å². The van der Waals surface area contributed by atoms with Crippen LogP contribution in [0.3, 0.4) is 0 Å². The van der Waals surface area contributed by atoms with Gasteiger partial charge < -0.3 is 19.6 Å². The van der Waals surface area contributed by atoms with Gasteiger partial charge in [-0.15, -0.1) is 45.3 Å². The Morgan fingerprint density at radius 2 is 0.408 bits per heavy atom. The Morgan fingerprint density at radius 1 is 0.156 bits per heavy atom. The fourth-order valence-corrected chi connectivity index (χ4v) is 28.8. The zero-order valence-corrected chi connectivity index (χ0v) is 84.9. The number of thiophene rings is 4. The highest BCUT2D eigenvalue weighted by atomic mass is 32.1. The van der Waals surface area contributed by atoms with Gasteiger partial charge in [-0.05, 0) is 319 Å². The van der Waals surface area contributed by atoms with Crippen molar-refractivity contribution >= 4 is 291 Å². The Morgan fingerprint density at radius 3 is 0.755 bits per heavy atom. The van der Waals surface area contributed by atoms with Crippen LogP contribution in [0.15, 0.2) is 467 Å². The van der Waals surface area contributed by atoms with Crippen molar-refractivity contribution in [3.05, 3.63) is 484 Å². The van der Waals surface area contributed by atoms with Crippen LogP contribution in [0.1, 0.15) is 92.7 Å². The van der Waals surface area contributed by atoms with E-state index in [1.54, 1.807) is 0 Å². The Labute approximate surface area is 870 Å². The van der Waals surface area contributed by atoms with Crippen LogP contribution in [0.2, 0.25) is 0 Å². The molecule has 0 aliphatic heterocycles. The molecule has 4 aromatic heterocycles. The van der Waals surface area contributed by atoms with Gasteiger partial charge in [-0.25, -0.2) is 0 Å². The van der Waals surface area contributed by atoms with Gasteiger partial charge in [0, 0.05) is 148 Å². The molecule has 2 aliphatic carbocycles. The first-order valence-electron chi connectivity index (χ1n) is 52.0. The van der Waals surface area contributed by atoms with Gasteiger partial charge in [0.05, 0.1) is 22.7 Å². The molecule has 702 valence electrons. The van der Waals surface area contributed by atoms with Crippen molar-refractivity contribution < 1.29 is 0 Å². The first kappa shape index (κ1) is 88.4. The largest absolute Gasteiger partial charge is 0.310 e. The van der Waals surface area contributed by atoms with Gasteiger partial charge in [-0.1, -0.05) is 324 Å². The molecule has 8 heteroatoms. The zero-order valence-electron chi connectivity index (χ0n) is 81.6. The van der Waals surface area contributed by atoms with Gasteiger partial charge in [-0.3, -0.25) is 0 Å². The Hall–Kier alpha value is -16.3. The molecule has 147 heavy (non-hydrogen) atoms. The third-order valence-electron chi connectivity index (χ3n) is 31.5. The summed E-state index contributed by atoms with van der Waals surface area (Å²) in [7, 11) is 0. The van der Waals surface area contributed by atoms with Gasteiger partial charge in [0.15, 0.2) is 0 Å². The normalized spacial score (nSPS) is 13.3. The molecule has 2 fully saturated rings. The quantitative estimate of drug-likeness (QED) is 0.101. The summed E-state index contributed by atoms with van der Waals surface area (Å²) in [5.41, 5.74) is 18.4. The summed E-state index contributed by atoms with van der Waals surface area (Å²) in [6.07, 6.45) is 12.9. The van der Waals surface area contributed by atoms with E-state index in [2.05, 4.69) is 494 Å². The second-order valence-electron chi connectivity index (χ2n) is 40.1. The van der Waals surface area contributed by atoms with E-state index in [9.17, 15) is 0 Å². The lowest BCUT2D eigenvalue weighted by Gasteiger charge is -2.31. The molecule has 24 aromatic carbocycles. The van der Waals surface area contributed by atoms with E-state index in [-0.39, 0.29) is 0 Å².